The van der Waals surface area contributed by atoms with E-state index in [1.807, 2.05) is 0 Å². The van der Waals surface area contributed by atoms with Crippen LogP contribution in [0.1, 0.15) is 129 Å². The van der Waals surface area contributed by atoms with Gasteiger partial charge in [-0.3, -0.25) is 0 Å². The third-order valence-electron chi connectivity index (χ3n) is 19.1. The summed E-state index contributed by atoms with van der Waals surface area (Å²) in [5.74, 6) is 0. The number of hydrogen-bond acceptors (Lipinski definition) is 3. The minimum Gasteiger partial charge on any atom is -0.376 e. The molecular weight excluding hydrogens is 978 g/mol. The van der Waals surface area contributed by atoms with E-state index in [0.29, 0.717) is 0 Å². The molecule has 0 N–H and O–H groups in total. The molecule has 0 radical (unpaired) electrons. The average Bonchev–Trinajstić information content (AvgIpc) is 2.83. The highest BCUT2D eigenvalue weighted by atomic mass is 15.2. The van der Waals surface area contributed by atoms with Crippen LogP contribution in [0.4, 0.5) is 45.5 Å². The number of anilines is 8. The molecule has 0 saturated carbocycles. The number of fused-ring (bicyclic) bond motifs is 11. The van der Waals surface area contributed by atoms with Crippen LogP contribution in [0.25, 0.3) is 44.2 Å². The number of para-hydroxylation sites is 2. The number of rotatable bonds is 6. The second kappa shape index (κ2) is 18.0. The monoisotopic (exact) mass is 1050 g/mol. The predicted octanol–water partition coefficient (Wildman–Crippen LogP) is 19.9. The highest BCUT2D eigenvalue weighted by molar-refractivity contribution is 6.94. The lowest BCUT2D eigenvalue weighted by Crippen LogP contribution is -2.62. The first-order valence-corrected chi connectivity index (χ1v) is 29.6. The molecule has 0 atom stereocenters. The minimum atomic E-state index is -0.315. The number of hydrogen-bond donors (Lipinski definition) is 0. The van der Waals surface area contributed by atoms with E-state index in [1.165, 1.54) is 124 Å². The van der Waals surface area contributed by atoms with Crippen molar-refractivity contribution in [2.75, 3.05) is 14.6 Å². The van der Waals surface area contributed by atoms with E-state index in [4.69, 9.17) is 0 Å². The van der Waals surface area contributed by atoms with Crippen LogP contribution >= 0.6 is 0 Å². The summed E-state index contributed by atoms with van der Waals surface area (Å²) in [6.45, 7) is 28.7. The fourth-order valence-electron chi connectivity index (χ4n) is 14.6. The molecule has 0 saturated heterocycles. The molecule has 0 aromatic heterocycles. The zero-order valence-electron chi connectivity index (χ0n) is 49.5. The lowest BCUT2D eigenvalue weighted by atomic mass is 9.43. The Balaban J connectivity index is 1.14. The van der Waals surface area contributed by atoms with Crippen LogP contribution in [0.5, 0.6) is 0 Å². The fourth-order valence-corrected chi connectivity index (χ4v) is 14.6. The van der Waals surface area contributed by atoms with Gasteiger partial charge in [0.05, 0.1) is 11.4 Å². The molecule has 0 bridgehead atoms. The molecule has 0 amide bonds. The Kier molecular flexibility index (Phi) is 11.3. The lowest BCUT2D eigenvalue weighted by Gasteiger charge is -2.47. The van der Waals surface area contributed by atoms with E-state index in [0.717, 1.165) is 22.7 Å². The first-order chi connectivity index (χ1) is 38.7. The zero-order chi connectivity index (χ0) is 56.1. The molecule has 10 aromatic rings. The van der Waals surface area contributed by atoms with Crippen molar-refractivity contribution in [3.05, 3.63) is 240 Å². The SMILES string of the molecule is CC(C)(C)c1ccc(N2B3c4cc(N(c5ccccc5)c5ccccc5)ccc4N(c4ccc(C(C)(C)C)cc4-c4ccccc4)c4c3c(cc3ccccc43)-c3c2ccc2c3C(C)(C)c3cc4c(cc3-2)C(C)(C)CCC4(C)C)cc1. The van der Waals surface area contributed by atoms with Gasteiger partial charge in [0, 0.05) is 56.1 Å². The Labute approximate surface area is 482 Å². The molecule has 2 heterocycles. The quantitative estimate of drug-likeness (QED) is 0.154. The zero-order valence-corrected chi connectivity index (χ0v) is 49.5. The average molecular weight is 1050 g/mol. The third kappa shape index (κ3) is 7.90. The van der Waals surface area contributed by atoms with Crippen LogP contribution in [0.3, 0.4) is 0 Å². The smallest absolute Gasteiger partial charge is 0.333 e. The summed E-state index contributed by atoms with van der Waals surface area (Å²) in [4.78, 5) is 7.85. The normalized spacial score (nSPS) is 16.0. The lowest BCUT2D eigenvalue weighted by molar-refractivity contribution is 0.331. The van der Waals surface area contributed by atoms with Gasteiger partial charge in [0.25, 0.3) is 0 Å². The maximum Gasteiger partial charge on any atom is 0.333 e. The molecule has 2 aliphatic carbocycles. The van der Waals surface area contributed by atoms with Crippen LogP contribution in [-0.4, -0.2) is 6.85 Å². The van der Waals surface area contributed by atoms with E-state index < -0.39 is 0 Å². The van der Waals surface area contributed by atoms with Gasteiger partial charge in [-0.05, 0) is 191 Å². The van der Waals surface area contributed by atoms with Crippen LogP contribution < -0.4 is 25.5 Å². The van der Waals surface area contributed by atoms with Crippen LogP contribution in [-0.2, 0) is 27.1 Å². The molecule has 10 aromatic carbocycles. The Morgan fingerprint density at radius 2 is 1.01 bits per heavy atom. The highest BCUT2D eigenvalue weighted by Crippen LogP contribution is 2.61. The Morgan fingerprint density at radius 3 is 1.65 bits per heavy atom. The summed E-state index contributed by atoms with van der Waals surface area (Å²) in [5, 5.41) is 2.48. The first-order valence-electron chi connectivity index (χ1n) is 29.6. The standard InChI is InChI=1S/C77H74BN3/c1-73(2,3)51-32-35-55(36-33-51)81-68-41-38-58-60-47-63-64(76(9,10)43-42-75(63,7)8)48-62(60)77(11,12)70(58)69(68)61-44-50-26-22-23-31-57(50)72-71(61)78(81)65-46-56(79(53-27-18-14-19-28-53)54-29-20-15-21-30-54)37-40-67(65)80(72)66-39-34-52(74(4,5)6)45-59(66)49-24-16-13-17-25-49/h13-41,44-48H,42-43H2,1-12H3. The largest absolute Gasteiger partial charge is 0.376 e. The predicted molar refractivity (Wildman–Crippen MR) is 348 cm³/mol. The van der Waals surface area contributed by atoms with E-state index in [9.17, 15) is 0 Å². The van der Waals surface area contributed by atoms with Gasteiger partial charge in [-0.25, -0.2) is 0 Å². The van der Waals surface area contributed by atoms with Gasteiger partial charge in [0.1, 0.15) is 0 Å². The molecule has 2 aliphatic heterocycles. The van der Waals surface area contributed by atoms with E-state index in [-0.39, 0.29) is 33.9 Å². The maximum absolute atomic E-state index is 2.75. The minimum absolute atomic E-state index is 0.0138. The van der Waals surface area contributed by atoms with Crippen molar-refractivity contribution in [1.82, 2.24) is 0 Å². The second-order valence-corrected chi connectivity index (χ2v) is 27.6. The van der Waals surface area contributed by atoms with Gasteiger partial charge in [-0.1, -0.05) is 204 Å². The van der Waals surface area contributed by atoms with Gasteiger partial charge in [-0.2, -0.15) is 0 Å². The summed E-state index contributed by atoms with van der Waals surface area (Å²) in [7, 11) is 0. The summed E-state index contributed by atoms with van der Waals surface area (Å²) < 4.78 is 0. The van der Waals surface area contributed by atoms with Crippen molar-refractivity contribution >= 4 is 74.0 Å². The topological polar surface area (TPSA) is 9.72 Å². The van der Waals surface area contributed by atoms with Crippen molar-refractivity contribution in [3.8, 4) is 33.4 Å². The molecule has 3 nitrogen and oxygen atoms in total. The molecule has 4 aliphatic rings. The Bertz CT molecular complexity index is 4120. The van der Waals surface area contributed by atoms with E-state index in [2.05, 4.69) is 304 Å². The molecule has 0 fully saturated rings. The number of nitrogens with zero attached hydrogens (tertiary/aromatic N) is 3. The van der Waals surface area contributed by atoms with E-state index >= 15 is 0 Å². The van der Waals surface area contributed by atoms with E-state index in [1.54, 1.807) is 0 Å². The second-order valence-electron chi connectivity index (χ2n) is 27.6. The van der Waals surface area contributed by atoms with Gasteiger partial charge < -0.3 is 14.6 Å². The highest BCUT2D eigenvalue weighted by Gasteiger charge is 2.51. The Morgan fingerprint density at radius 1 is 0.444 bits per heavy atom. The van der Waals surface area contributed by atoms with Gasteiger partial charge in [0.15, 0.2) is 0 Å². The summed E-state index contributed by atoms with van der Waals surface area (Å²) in [6, 6.07) is 79.2. The molecular formula is C77H74BN3. The van der Waals surface area contributed by atoms with Crippen molar-refractivity contribution in [2.24, 2.45) is 0 Å². The molecule has 400 valence electrons. The molecule has 4 heteroatoms. The van der Waals surface area contributed by atoms with Crippen LogP contribution in [0.2, 0.25) is 0 Å². The van der Waals surface area contributed by atoms with Crippen molar-refractivity contribution in [3.63, 3.8) is 0 Å². The molecule has 0 unspecified atom stereocenters. The molecule has 81 heavy (non-hydrogen) atoms. The summed E-state index contributed by atoms with van der Waals surface area (Å²) in [6.07, 6.45) is 2.36. The first kappa shape index (κ1) is 51.1. The van der Waals surface area contributed by atoms with Crippen molar-refractivity contribution in [1.29, 1.82) is 0 Å². The third-order valence-corrected chi connectivity index (χ3v) is 19.1. The van der Waals surface area contributed by atoms with Crippen molar-refractivity contribution in [2.45, 2.75) is 123 Å². The fraction of sp³-hybridized carbons (Fsp3) is 0.247. The maximum atomic E-state index is 2.75. The van der Waals surface area contributed by atoms with Gasteiger partial charge in [-0.15, -0.1) is 0 Å². The van der Waals surface area contributed by atoms with Gasteiger partial charge in [0.2, 0.25) is 0 Å². The summed E-state index contributed by atoms with van der Waals surface area (Å²) >= 11 is 0. The van der Waals surface area contributed by atoms with Crippen LogP contribution in [0.15, 0.2) is 206 Å². The van der Waals surface area contributed by atoms with Crippen molar-refractivity contribution < 1.29 is 0 Å². The number of benzene rings is 10. The Hall–Kier alpha value is -8.08. The molecule has 14 rings (SSSR count). The molecule has 0 spiro atoms. The summed E-state index contributed by atoms with van der Waals surface area (Å²) in [5.41, 5.74) is 28.0. The van der Waals surface area contributed by atoms with Crippen LogP contribution in [0, 0.1) is 0 Å². The van der Waals surface area contributed by atoms with Gasteiger partial charge >= 0.3 is 6.85 Å².